The molecule has 0 amide bonds. The van der Waals surface area contributed by atoms with Gasteiger partial charge in [-0.25, -0.2) is 4.98 Å². The standard InChI is InChI=1S/C13H16BrN3S/c1-15-6-10-3-4-11(14)5-13(10)17(2)7-12-8-18-9-16-12/h3-5,8-9,15H,6-7H2,1-2H3. The van der Waals surface area contributed by atoms with Crippen molar-refractivity contribution < 1.29 is 0 Å². The Balaban J connectivity index is 2.22. The summed E-state index contributed by atoms with van der Waals surface area (Å²) in [4.78, 5) is 6.56. The molecule has 3 nitrogen and oxygen atoms in total. The Kier molecular flexibility index (Phi) is 4.74. The number of aromatic nitrogens is 1. The first kappa shape index (κ1) is 13.5. The number of nitrogens with one attached hydrogen (secondary N) is 1. The molecule has 0 fully saturated rings. The van der Waals surface area contributed by atoms with Crippen LogP contribution in [0.15, 0.2) is 33.6 Å². The maximum atomic E-state index is 4.33. The molecule has 0 atom stereocenters. The Hall–Kier alpha value is -0.910. The van der Waals surface area contributed by atoms with E-state index in [-0.39, 0.29) is 0 Å². The van der Waals surface area contributed by atoms with Gasteiger partial charge in [-0.3, -0.25) is 0 Å². The predicted molar refractivity (Wildman–Crippen MR) is 81.1 cm³/mol. The zero-order valence-corrected chi connectivity index (χ0v) is 12.9. The minimum Gasteiger partial charge on any atom is -0.368 e. The van der Waals surface area contributed by atoms with Crippen LogP contribution in [0, 0.1) is 0 Å². The van der Waals surface area contributed by atoms with E-state index in [9.17, 15) is 0 Å². The molecule has 5 heteroatoms. The first-order valence-electron chi connectivity index (χ1n) is 5.72. The summed E-state index contributed by atoms with van der Waals surface area (Å²) in [5.74, 6) is 0. The van der Waals surface area contributed by atoms with Gasteiger partial charge in [0.25, 0.3) is 0 Å². The lowest BCUT2D eigenvalue weighted by molar-refractivity contribution is 0.802. The molecule has 2 rings (SSSR count). The van der Waals surface area contributed by atoms with Gasteiger partial charge < -0.3 is 10.2 Å². The van der Waals surface area contributed by atoms with E-state index in [0.29, 0.717) is 0 Å². The molecule has 0 aliphatic carbocycles. The molecule has 96 valence electrons. The number of hydrogen-bond donors (Lipinski definition) is 1. The molecule has 0 bridgehead atoms. The molecule has 1 aromatic carbocycles. The molecule has 1 aromatic heterocycles. The summed E-state index contributed by atoms with van der Waals surface area (Å²) >= 11 is 5.17. The molecule has 0 radical (unpaired) electrons. The molecule has 0 aliphatic heterocycles. The van der Waals surface area contributed by atoms with Crippen LogP contribution in [0.4, 0.5) is 5.69 Å². The van der Waals surface area contributed by atoms with E-state index in [0.717, 1.165) is 23.3 Å². The Morgan fingerprint density at radius 3 is 2.94 bits per heavy atom. The number of halogens is 1. The summed E-state index contributed by atoms with van der Waals surface area (Å²) in [5.41, 5.74) is 5.50. The molecule has 0 saturated carbocycles. The zero-order chi connectivity index (χ0) is 13.0. The third-order valence-corrected chi connectivity index (χ3v) is 3.84. The fourth-order valence-corrected chi connectivity index (χ4v) is 2.77. The summed E-state index contributed by atoms with van der Waals surface area (Å²) in [5, 5.41) is 5.29. The highest BCUT2D eigenvalue weighted by molar-refractivity contribution is 9.10. The molecule has 18 heavy (non-hydrogen) atoms. The lowest BCUT2D eigenvalue weighted by atomic mass is 10.1. The fourth-order valence-electron chi connectivity index (χ4n) is 1.88. The van der Waals surface area contributed by atoms with Gasteiger partial charge in [-0.05, 0) is 24.7 Å². The van der Waals surface area contributed by atoms with Crippen molar-refractivity contribution in [2.75, 3.05) is 19.0 Å². The second-order valence-corrected chi connectivity index (χ2v) is 5.77. The second-order valence-electron chi connectivity index (χ2n) is 4.14. The Morgan fingerprint density at radius 2 is 2.28 bits per heavy atom. The van der Waals surface area contributed by atoms with Gasteiger partial charge in [0, 0.05) is 29.1 Å². The van der Waals surface area contributed by atoms with Crippen LogP contribution >= 0.6 is 27.3 Å². The molecule has 1 heterocycles. The number of rotatable bonds is 5. The lowest BCUT2D eigenvalue weighted by Gasteiger charge is -2.22. The topological polar surface area (TPSA) is 28.2 Å². The first-order valence-corrected chi connectivity index (χ1v) is 7.45. The summed E-state index contributed by atoms with van der Waals surface area (Å²) < 4.78 is 1.10. The van der Waals surface area contributed by atoms with Gasteiger partial charge in [0.1, 0.15) is 0 Å². The molecule has 0 spiro atoms. The number of nitrogens with zero attached hydrogens (tertiary/aromatic N) is 2. The summed E-state index contributed by atoms with van der Waals surface area (Å²) in [6, 6.07) is 6.37. The van der Waals surface area contributed by atoms with Crippen LogP contribution in [0.3, 0.4) is 0 Å². The summed E-state index contributed by atoms with van der Waals surface area (Å²) in [7, 11) is 4.06. The van der Waals surface area contributed by atoms with Crippen LogP contribution in [0.25, 0.3) is 0 Å². The van der Waals surface area contributed by atoms with Gasteiger partial charge in [-0.2, -0.15) is 0 Å². The van der Waals surface area contributed by atoms with Gasteiger partial charge in [-0.1, -0.05) is 22.0 Å². The number of thiazole rings is 1. The van der Waals surface area contributed by atoms with E-state index < -0.39 is 0 Å². The average Bonchev–Trinajstić information content (AvgIpc) is 2.84. The number of anilines is 1. The van der Waals surface area contributed by atoms with E-state index in [1.165, 1.54) is 11.3 Å². The quantitative estimate of drug-likeness (QED) is 0.914. The number of hydrogen-bond acceptors (Lipinski definition) is 4. The third-order valence-electron chi connectivity index (χ3n) is 2.71. The van der Waals surface area contributed by atoms with E-state index >= 15 is 0 Å². The number of benzene rings is 1. The predicted octanol–water partition coefficient (Wildman–Crippen LogP) is 3.26. The molecule has 0 unspecified atom stereocenters. The average molecular weight is 326 g/mol. The third kappa shape index (κ3) is 3.31. The van der Waals surface area contributed by atoms with Gasteiger partial charge >= 0.3 is 0 Å². The highest BCUT2D eigenvalue weighted by Gasteiger charge is 2.09. The summed E-state index contributed by atoms with van der Waals surface area (Å²) in [6.45, 7) is 1.70. The Bertz CT molecular complexity index is 499. The van der Waals surface area contributed by atoms with Crippen molar-refractivity contribution in [3.8, 4) is 0 Å². The van der Waals surface area contributed by atoms with Crippen molar-refractivity contribution in [2.24, 2.45) is 0 Å². The summed E-state index contributed by atoms with van der Waals surface area (Å²) in [6.07, 6.45) is 0. The highest BCUT2D eigenvalue weighted by Crippen LogP contribution is 2.25. The Morgan fingerprint density at radius 1 is 1.44 bits per heavy atom. The molecule has 0 aliphatic rings. The van der Waals surface area contributed by atoms with Crippen LogP contribution in [0.1, 0.15) is 11.3 Å². The van der Waals surface area contributed by atoms with Crippen molar-refractivity contribution in [1.29, 1.82) is 0 Å². The molecule has 2 aromatic rings. The van der Waals surface area contributed by atoms with Gasteiger partial charge in [-0.15, -0.1) is 11.3 Å². The molecule has 0 saturated heterocycles. The lowest BCUT2D eigenvalue weighted by Crippen LogP contribution is -2.19. The van der Waals surface area contributed by atoms with Gasteiger partial charge in [0.05, 0.1) is 17.7 Å². The van der Waals surface area contributed by atoms with Crippen LogP contribution in [-0.4, -0.2) is 19.1 Å². The van der Waals surface area contributed by atoms with Crippen molar-refractivity contribution in [3.05, 3.63) is 44.8 Å². The maximum absolute atomic E-state index is 4.33. The van der Waals surface area contributed by atoms with E-state index in [4.69, 9.17) is 0 Å². The van der Waals surface area contributed by atoms with Gasteiger partial charge in [0.15, 0.2) is 0 Å². The molecular formula is C13H16BrN3S. The van der Waals surface area contributed by atoms with Crippen LogP contribution < -0.4 is 10.2 Å². The monoisotopic (exact) mass is 325 g/mol. The van der Waals surface area contributed by atoms with Crippen molar-refractivity contribution in [1.82, 2.24) is 10.3 Å². The zero-order valence-electron chi connectivity index (χ0n) is 10.5. The highest BCUT2D eigenvalue weighted by atomic mass is 79.9. The van der Waals surface area contributed by atoms with Crippen LogP contribution in [0.2, 0.25) is 0 Å². The SMILES string of the molecule is CNCc1ccc(Br)cc1N(C)Cc1cscn1. The van der Waals surface area contributed by atoms with Gasteiger partial charge in [0.2, 0.25) is 0 Å². The Labute approximate surface area is 120 Å². The van der Waals surface area contributed by atoms with Crippen molar-refractivity contribution in [2.45, 2.75) is 13.1 Å². The van der Waals surface area contributed by atoms with Crippen molar-refractivity contribution in [3.63, 3.8) is 0 Å². The van der Waals surface area contributed by atoms with E-state index in [1.807, 2.05) is 12.6 Å². The minimum absolute atomic E-state index is 0.830. The largest absolute Gasteiger partial charge is 0.368 e. The molecular weight excluding hydrogens is 310 g/mol. The van der Waals surface area contributed by atoms with Crippen molar-refractivity contribution >= 4 is 33.0 Å². The normalized spacial score (nSPS) is 10.6. The van der Waals surface area contributed by atoms with E-state index in [2.05, 4.69) is 61.8 Å². The minimum atomic E-state index is 0.830. The fraction of sp³-hybridized carbons (Fsp3) is 0.308. The smallest absolute Gasteiger partial charge is 0.0795 e. The molecule has 1 N–H and O–H groups in total. The first-order chi connectivity index (χ1) is 8.70. The maximum Gasteiger partial charge on any atom is 0.0795 e. The van der Waals surface area contributed by atoms with Crippen LogP contribution in [0.5, 0.6) is 0 Å². The second kappa shape index (κ2) is 6.31. The van der Waals surface area contributed by atoms with E-state index in [1.54, 1.807) is 11.3 Å². The van der Waals surface area contributed by atoms with Crippen LogP contribution in [-0.2, 0) is 13.1 Å².